The monoisotopic (exact) mass is 441 g/mol. The van der Waals surface area contributed by atoms with Gasteiger partial charge < -0.3 is 19.4 Å². The third-order valence-electron chi connectivity index (χ3n) is 6.57. The SMILES string of the molecule is O=C1CCCN1CC(=O)N1CCC(c2c(C(=O)N3CCOCC3)sc3ccccc23)C1. The van der Waals surface area contributed by atoms with E-state index in [9.17, 15) is 14.4 Å². The van der Waals surface area contributed by atoms with Crippen LogP contribution in [0.2, 0.25) is 0 Å². The number of fused-ring (bicyclic) bond motifs is 1. The molecule has 0 N–H and O–H groups in total. The van der Waals surface area contributed by atoms with Gasteiger partial charge in [-0.2, -0.15) is 0 Å². The van der Waals surface area contributed by atoms with Crippen LogP contribution < -0.4 is 0 Å². The Labute approximate surface area is 185 Å². The van der Waals surface area contributed by atoms with Crippen LogP contribution in [-0.2, 0) is 14.3 Å². The van der Waals surface area contributed by atoms with Gasteiger partial charge in [-0.15, -0.1) is 11.3 Å². The molecule has 0 aliphatic carbocycles. The summed E-state index contributed by atoms with van der Waals surface area (Å²) >= 11 is 1.56. The molecule has 3 aliphatic rings. The van der Waals surface area contributed by atoms with E-state index in [4.69, 9.17) is 4.74 Å². The van der Waals surface area contributed by atoms with Crippen molar-refractivity contribution < 1.29 is 19.1 Å². The Bertz CT molecular complexity index is 1010. The number of nitrogens with zero attached hydrogens (tertiary/aromatic N) is 3. The molecule has 0 radical (unpaired) electrons. The van der Waals surface area contributed by atoms with Crippen molar-refractivity contribution >= 4 is 39.1 Å². The number of amides is 3. The smallest absolute Gasteiger partial charge is 0.264 e. The molecule has 164 valence electrons. The number of carbonyl (C=O) groups is 3. The molecule has 1 unspecified atom stereocenters. The van der Waals surface area contributed by atoms with Crippen molar-refractivity contribution in [2.75, 3.05) is 52.5 Å². The van der Waals surface area contributed by atoms with E-state index in [1.165, 1.54) is 0 Å². The van der Waals surface area contributed by atoms with Crippen LogP contribution in [0.5, 0.6) is 0 Å². The van der Waals surface area contributed by atoms with E-state index in [2.05, 4.69) is 12.1 Å². The lowest BCUT2D eigenvalue weighted by atomic mass is 9.94. The van der Waals surface area contributed by atoms with Crippen molar-refractivity contribution in [1.82, 2.24) is 14.7 Å². The molecule has 31 heavy (non-hydrogen) atoms. The second-order valence-electron chi connectivity index (χ2n) is 8.49. The summed E-state index contributed by atoms with van der Waals surface area (Å²) in [6.07, 6.45) is 2.22. The highest BCUT2D eigenvalue weighted by Gasteiger charge is 2.35. The van der Waals surface area contributed by atoms with Crippen LogP contribution in [0.3, 0.4) is 0 Å². The van der Waals surface area contributed by atoms with Gasteiger partial charge in [0.15, 0.2) is 0 Å². The first-order chi connectivity index (χ1) is 15.1. The highest BCUT2D eigenvalue weighted by Crippen LogP contribution is 2.40. The molecule has 4 heterocycles. The zero-order chi connectivity index (χ0) is 21.4. The van der Waals surface area contributed by atoms with Crippen molar-refractivity contribution in [3.8, 4) is 0 Å². The standard InChI is InChI=1S/C23H27N3O4S/c27-19-6-3-8-25(19)15-20(28)26-9-7-16(14-26)21-17-4-1-2-5-18(17)31-22(21)23(29)24-10-12-30-13-11-24/h1-2,4-5,16H,3,6-15H2. The van der Waals surface area contributed by atoms with Crippen LogP contribution in [0.25, 0.3) is 10.1 Å². The highest BCUT2D eigenvalue weighted by atomic mass is 32.1. The number of morpholine rings is 1. The number of carbonyl (C=O) groups excluding carboxylic acids is 3. The zero-order valence-electron chi connectivity index (χ0n) is 17.5. The Morgan fingerprint density at radius 3 is 2.65 bits per heavy atom. The average Bonchev–Trinajstić information content (AvgIpc) is 3.52. The molecule has 3 fully saturated rings. The van der Waals surface area contributed by atoms with Gasteiger partial charge in [0.1, 0.15) is 0 Å². The molecular formula is C23H27N3O4S. The van der Waals surface area contributed by atoms with Crippen LogP contribution in [0.4, 0.5) is 0 Å². The molecule has 2 aromatic rings. The first kappa shape index (κ1) is 20.5. The quantitative estimate of drug-likeness (QED) is 0.730. The number of thiophene rings is 1. The van der Waals surface area contributed by atoms with Crippen molar-refractivity contribution in [1.29, 1.82) is 0 Å². The predicted molar refractivity (Wildman–Crippen MR) is 118 cm³/mol. The summed E-state index contributed by atoms with van der Waals surface area (Å²) in [6.45, 7) is 4.51. The van der Waals surface area contributed by atoms with Crippen LogP contribution >= 0.6 is 11.3 Å². The van der Waals surface area contributed by atoms with Crippen LogP contribution in [0.1, 0.15) is 40.4 Å². The Balaban J connectivity index is 1.38. The van der Waals surface area contributed by atoms with Crippen LogP contribution in [-0.4, -0.2) is 84.9 Å². The number of likely N-dealkylation sites (tertiary alicyclic amines) is 2. The maximum Gasteiger partial charge on any atom is 0.264 e. The third-order valence-corrected chi connectivity index (χ3v) is 7.75. The van der Waals surface area contributed by atoms with Gasteiger partial charge in [0.25, 0.3) is 5.91 Å². The number of benzene rings is 1. The molecule has 5 rings (SSSR count). The topological polar surface area (TPSA) is 70.2 Å². The molecule has 7 nitrogen and oxygen atoms in total. The Kier molecular flexibility index (Phi) is 5.67. The summed E-state index contributed by atoms with van der Waals surface area (Å²) in [5.41, 5.74) is 1.09. The van der Waals surface area contributed by atoms with E-state index in [1.807, 2.05) is 21.9 Å². The van der Waals surface area contributed by atoms with Crippen LogP contribution in [0, 0.1) is 0 Å². The third kappa shape index (κ3) is 3.94. The van der Waals surface area contributed by atoms with E-state index >= 15 is 0 Å². The molecule has 0 saturated carbocycles. The van der Waals surface area contributed by atoms with E-state index in [1.54, 1.807) is 16.2 Å². The molecule has 1 atom stereocenters. The minimum atomic E-state index is 0.0124. The van der Waals surface area contributed by atoms with E-state index in [-0.39, 0.29) is 30.2 Å². The van der Waals surface area contributed by atoms with Crippen molar-refractivity contribution in [3.05, 3.63) is 34.7 Å². The van der Waals surface area contributed by atoms with Gasteiger partial charge in [0.05, 0.1) is 24.6 Å². The summed E-state index contributed by atoms with van der Waals surface area (Å²) in [5, 5.41) is 1.12. The predicted octanol–water partition coefficient (Wildman–Crippen LogP) is 2.31. The van der Waals surface area contributed by atoms with Crippen molar-refractivity contribution in [3.63, 3.8) is 0 Å². The highest BCUT2D eigenvalue weighted by molar-refractivity contribution is 7.21. The van der Waals surface area contributed by atoms with E-state index < -0.39 is 0 Å². The fraction of sp³-hybridized carbons (Fsp3) is 0.522. The number of rotatable bonds is 4. The van der Waals surface area contributed by atoms with Gasteiger partial charge in [-0.25, -0.2) is 0 Å². The molecule has 3 aliphatic heterocycles. The van der Waals surface area contributed by atoms with Gasteiger partial charge in [0, 0.05) is 49.8 Å². The van der Waals surface area contributed by atoms with Gasteiger partial charge in [-0.05, 0) is 29.9 Å². The van der Waals surface area contributed by atoms with Gasteiger partial charge in [0.2, 0.25) is 11.8 Å². The summed E-state index contributed by atoms with van der Waals surface area (Å²) < 4.78 is 6.53. The maximum absolute atomic E-state index is 13.4. The zero-order valence-corrected chi connectivity index (χ0v) is 18.4. The Morgan fingerprint density at radius 2 is 1.87 bits per heavy atom. The molecule has 3 saturated heterocycles. The normalized spacial score (nSPS) is 22.0. The summed E-state index contributed by atoms with van der Waals surface area (Å²) in [6, 6.07) is 8.17. The van der Waals surface area contributed by atoms with E-state index in [0.29, 0.717) is 52.4 Å². The first-order valence-electron chi connectivity index (χ1n) is 11.1. The molecule has 8 heteroatoms. The number of hydrogen-bond donors (Lipinski definition) is 0. The minimum absolute atomic E-state index is 0.0124. The Morgan fingerprint density at radius 1 is 1.06 bits per heavy atom. The van der Waals surface area contributed by atoms with Crippen molar-refractivity contribution in [2.24, 2.45) is 0 Å². The lowest BCUT2D eigenvalue weighted by Crippen LogP contribution is -2.41. The first-order valence-corrected chi connectivity index (χ1v) is 11.9. The van der Waals surface area contributed by atoms with Gasteiger partial charge >= 0.3 is 0 Å². The second kappa shape index (κ2) is 8.59. The summed E-state index contributed by atoms with van der Waals surface area (Å²) in [7, 11) is 0. The largest absolute Gasteiger partial charge is 0.378 e. The lowest BCUT2D eigenvalue weighted by molar-refractivity contribution is -0.137. The average molecular weight is 442 g/mol. The second-order valence-corrected chi connectivity index (χ2v) is 9.54. The molecule has 1 aromatic carbocycles. The lowest BCUT2D eigenvalue weighted by Gasteiger charge is -2.27. The fourth-order valence-electron chi connectivity index (χ4n) is 4.90. The van der Waals surface area contributed by atoms with E-state index in [0.717, 1.165) is 33.4 Å². The fourth-order valence-corrected chi connectivity index (χ4v) is 6.15. The number of hydrogen-bond acceptors (Lipinski definition) is 5. The Hall–Kier alpha value is -2.45. The minimum Gasteiger partial charge on any atom is -0.378 e. The summed E-state index contributed by atoms with van der Waals surface area (Å²) in [5.74, 6) is 0.297. The molecular weight excluding hydrogens is 414 g/mol. The molecule has 3 amide bonds. The molecule has 0 spiro atoms. The van der Waals surface area contributed by atoms with Crippen LogP contribution in [0.15, 0.2) is 24.3 Å². The molecule has 0 bridgehead atoms. The number of ether oxygens (including phenoxy) is 1. The summed E-state index contributed by atoms with van der Waals surface area (Å²) in [4.78, 5) is 44.3. The molecule has 1 aromatic heterocycles. The van der Waals surface area contributed by atoms with Gasteiger partial charge in [-0.3, -0.25) is 14.4 Å². The van der Waals surface area contributed by atoms with Crippen molar-refractivity contribution in [2.45, 2.75) is 25.2 Å². The van der Waals surface area contributed by atoms with Gasteiger partial charge in [-0.1, -0.05) is 18.2 Å². The maximum atomic E-state index is 13.4.